The third-order valence-corrected chi connectivity index (χ3v) is 5.56. The normalized spacial score (nSPS) is 15.9. The van der Waals surface area contributed by atoms with Crippen LogP contribution in [0.5, 0.6) is 0 Å². The Hall–Kier alpha value is -3.62. The summed E-state index contributed by atoms with van der Waals surface area (Å²) in [5.74, 6) is 1.22. The molecule has 0 amide bonds. The highest BCUT2D eigenvalue weighted by Gasteiger charge is 2.30. The first kappa shape index (κ1) is 17.5. The van der Waals surface area contributed by atoms with Crippen molar-refractivity contribution in [1.29, 1.82) is 10.8 Å². The molecule has 1 aliphatic heterocycles. The van der Waals surface area contributed by atoms with Crippen molar-refractivity contribution in [2.24, 2.45) is 5.92 Å². The Kier molecular flexibility index (Phi) is 3.90. The minimum absolute atomic E-state index is 0.0181. The fourth-order valence-corrected chi connectivity index (χ4v) is 3.83. The molecule has 1 aromatic carbocycles. The molecule has 1 fully saturated rings. The number of hydrogen-bond acceptors (Lipinski definition) is 7. The number of hydrogen-bond donors (Lipinski definition) is 2. The molecule has 3 aromatic rings. The highest BCUT2D eigenvalue weighted by atomic mass is 16.6. The molecule has 0 atom stereocenters. The predicted molar refractivity (Wildman–Crippen MR) is 107 cm³/mol. The van der Waals surface area contributed by atoms with E-state index in [-0.39, 0.29) is 17.1 Å². The van der Waals surface area contributed by atoms with Crippen LogP contribution < -0.4 is 10.4 Å². The Labute approximate surface area is 165 Å². The summed E-state index contributed by atoms with van der Waals surface area (Å²) in [5, 5.41) is 34.4. The Morgan fingerprint density at radius 1 is 1.24 bits per heavy atom. The van der Waals surface area contributed by atoms with Crippen molar-refractivity contribution < 1.29 is 4.92 Å². The highest BCUT2D eigenvalue weighted by molar-refractivity contribution is 5.94. The number of rotatable bonds is 3. The van der Waals surface area contributed by atoms with Gasteiger partial charge >= 0.3 is 0 Å². The van der Waals surface area contributed by atoms with Crippen LogP contribution in [0.25, 0.3) is 10.8 Å². The fraction of sp³-hybridized carbons (Fsp3) is 0.300. The molecule has 29 heavy (non-hydrogen) atoms. The van der Waals surface area contributed by atoms with Gasteiger partial charge in [-0.3, -0.25) is 25.9 Å². The molecule has 0 saturated heterocycles. The Morgan fingerprint density at radius 3 is 2.72 bits per heavy atom. The topological polar surface area (TPSA) is 125 Å². The van der Waals surface area contributed by atoms with Gasteiger partial charge in [0.1, 0.15) is 12.0 Å². The van der Waals surface area contributed by atoms with Crippen LogP contribution >= 0.6 is 0 Å². The smallest absolute Gasteiger partial charge is 0.287 e. The first-order chi connectivity index (χ1) is 14.0. The summed E-state index contributed by atoms with van der Waals surface area (Å²) in [6, 6.07) is 9.18. The van der Waals surface area contributed by atoms with Crippen molar-refractivity contribution in [3.05, 3.63) is 63.4 Å². The van der Waals surface area contributed by atoms with E-state index in [4.69, 9.17) is 15.9 Å². The lowest BCUT2D eigenvalue weighted by Gasteiger charge is -2.30. The van der Waals surface area contributed by atoms with Crippen LogP contribution in [0.2, 0.25) is 0 Å². The number of aromatic nitrogens is 3. The third kappa shape index (κ3) is 2.95. The molecule has 3 heterocycles. The average Bonchev–Trinajstić information content (AvgIpc) is 3.58. The number of benzene rings is 1. The van der Waals surface area contributed by atoms with Gasteiger partial charge in [0.2, 0.25) is 0 Å². The molecule has 0 spiro atoms. The minimum atomic E-state index is -0.431. The van der Waals surface area contributed by atoms with Crippen LogP contribution in [-0.2, 0) is 13.0 Å². The molecule has 0 unspecified atom stereocenters. The lowest BCUT2D eigenvalue weighted by molar-refractivity contribution is -0.385. The van der Waals surface area contributed by atoms with Crippen molar-refractivity contribution >= 4 is 28.1 Å². The summed E-state index contributed by atoms with van der Waals surface area (Å²) in [6.45, 7) is 1.12. The lowest BCUT2D eigenvalue weighted by Crippen LogP contribution is -2.36. The molecule has 1 aliphatic carbocycles. The number of anilines is 1. The van der Waals surface area contributed by atoms with Crippen LogP contribution in [0.15, 0.2) is 36.5 Å². The molecule has 1 saturated carbocycles. The van der Waals surface area contributed by atoms with Crippen LogP contribution in [0, 0.1) is 26.9 Å². The van der Waals surface area contributed by atoms with E-state index < -0.39 is 4.92 Å². The molecule has 2 aliphatic rings. The van der Waals surface area contributed by atoms with E-state index in [1.165, 1.54) is 10.9 Å². The van der Waals surface area contributed by atoms with Crippen LogP contribution in [0.3, 0.4) is 0 Å². The van der Waals surface area contributed by atoms with Gasteiger partial charge in [-0.1, -0.05) is 24.3 Å². The molecule has 9 heteroatoms. The summed E-state index contributed by atoms with van der Waals surface area (Å²) in [7, 11) is 0. The molecule has 2 N–H and O–H groups in total. The second-order valence-electron chi connectivity index (χ2n) is 7.52. The van der Waals surface area contributed by atoms with Gasteiger partial charge in [0, 0.05) is 48.0 Å². The quantitative estimate of drug-likeness (QED) is 0.308. The summed E-state index contributed by atoms with van der Waals surface area (Å²) < 4.78 is 1.44. The van der Waals surface area contributed by atoms with Gasteiger partial charge in [-0.2, -0.15) is 4.68 Å². The average molecular weight is 389 g/mol. The molecule has 9 nitrogen and oxygen atoms in total. The SMILES string of the molecule is N=C(C1CC1)n1nc(N2CCc3ncc([N+](=O)[O-])cc3C2)c2ccccc2c1=N. The third-order valence-electron chi connectivity index (χ3n) is 5.56. The number of fused-ring (bicyclic) bond motifs is 2. The number of nitrogens with zero attached hydrogens (tertiary/aromatic N) is 5. The van der Waals surface area contributed by atoms with E-state index in [2.05, 4.69) is 9.88 Å². The lowest BCUT2D eigenvalue weighted by atomic mass is 10.0. The van der Waals surface area contributed by atoms with Crippen LogP contribution in [0.1, 0.15) is 24.1 Å². The molecular weight excluding hydrogens is 370 g/mol. The van der Waals surface area contributed by atoms with Crippen molar-refractivity contribution in [1.82, 2.24) is 14.8 Å². The van der Waals surface area contributed by atoms with E-state index in [0.717, 1.165) is 34.9 Å². The molecule has 0 bridgehead atoms. The van der Waals surface area contributed by atoms with Gasteiger partial charge in [-0.25, -0.2) is 0 Å². The Balaban J connectivity index is 1.62. The standard InChI is InChI=1S/C20H19N7O2/c21-18(12-5-6-12)26-19(22)15-3-1-2-4-16(15)20(24-26)25-8-7-17-13(11-25)9-14(10-23-17)27(28)29/h1-4,9-10,12,21-22H,5-8,11H2. The maximum absolute atomic E-state index is 11.1. The van der Waals surface area contributed by atoms with Crippen molar-refractivity contribution in [2.75, 3.05) is 11.4 Å². The van der Waals surface area contributed by atoms with E-state index in [1.54, 1.807) is 6.07 Å². The predicted octanol–water partition coefficient (Wildman–Crippen LogP) is 2.62. The highest BCUT2D eigenvalue weighted by Crippen LogP contribution is 2.32. The maximum atomic E-state index is 11.1. The van der Waals surface area contributed by atoms with Gasteiger partial charge < -0.3 is 4.90 Å². The number of nitro groups is 1. The van der Waals surface area contributed by atoms with Crippen LogP contribution in [0.4, 0.5) is 11.5 Å². The van der Waals surface area contributed by atoms with Gasteiger partial charge in [-0.15, -0.1) is 5.10 Å². The van der Waals surface area contributed by atoms with Gasteiger partial charge in [-0.05, 0) is 18.4 Å². The van der Waals surface area contributed by atoms with Gasteiger partial charge in [0.05, 0.1) is 4.92 Å². The number of nitrogens with one attached hydrogen (secondary N) is 2. The monoisotopic (exact) mass is 389 g/mol. The summed E-state index contributed by atoms with van der Waals surface area (Å²) in [6.07, 6.45) is 3.89. The second kappa shape index (κ2) is 6.47. The van der Waals surface area contributed by atoms with E-state index in [9.17, 15) is 10.1 Å². The van der Waals surface area contributed by atoms with E-state index >= 15 is 0 Å². The van der Waals surface area contributed by atoms with Crippen LogP contribution in [-0.4, -0.2) is 32.1 Å². The maximum Gasteiger partial charge on any atom is 0.287 e. The van der Waals surface area contributed by atoms with E-state index in [1.807, 2.05) is 24.3 Å². The zero-order valence-electron chi connectivity index (χ0n) is 15.6. The fourth-order valence-electron chi connectivity index (χ4n) is 3.83. The van der Waals surface area contributed by atoms with Crippen molar-refractivity contribution in [2.45, 2.75) is 25.8 Å². The zero-order valence-corrected chi connectivity index (χ0v) is 15.6. The summed E-state index contributed by atoms with van der Waals surface area (Å²) in [5.41, 5.74) is 1.88. The Morgan fingerprint density at radius 2 is 2.00 bits per heavy atom. The zero-order chi connectivity index (χ0) is 20.1. The van der Waals surface area contributed by atoms with Crippen molar-refractivity contribution in [3.63, 3.8) is 0 Å². The first-order valence-corrected chi connectivity index (χ1v) is 9.55. The molecule has 2 aromatic heterocycles. The molecule has 0 radical (unpaired) electrons. The van der Waals surface area contributed by atoms with Gasteiger partial charge in [0.15, 0.2) is 11.3 Å². The number of pyridine rings is 1. The molecule has 146 valence electrons. The molecular formula is C20H19N7O2. The Bertz CT molecular complexity index is 1230. The minimum Gasteiger partial charge on any atom is -0.350 e. The summed E-state index contributed by atoms with van der Waals surface area (Å²) >= 11 is 0. The van der Waals surface area contributed by atoms with Gasteiger partial charge in [0.25, 0.3) is 5.69 Å². The largest absolute Gasteiger partial charge is 0.350 e. The molecule has 5 rings (SSSR count). The second-order valence-corrected chi connectivity index (χ2v) is 7.52. The summed E-state index contributed by atoms with van der Waals surface area (Å²) in [4.78, 5) is 17.0. The van der Waals surface area contributed by atoms with E-state index in [0.29, 0.717) is 31.2 Å². The van der Waals surface area contributed by atoms with Crippen molar-refractivity contribution in [3.8, 4) is 0 Å². The first-order valence-electron chi connectivity index (χ1n) is 9.55.